The molecule has 0 atom stereocenters. The Bertz CT molecular complexity index is 711. The average Bonchev–Trinajstić information content (AvgIpc) is 2.93. The molecule has 1 heterocycles. The number of nitrogens with one attached hydrogen (secondary N) is 2. The Morgan fingerprint density at radius 3 is 2.83 bits per heavy atom. The molecule has 1 fully saturated rings. The number of nitrogens with zero attached hydrogens (tertiary/aromatic N) is 1. The molecule has 0 radical (unpaired) electrons. The summed E-state index contributed by atoms with van der Waals surface area (Å²) in [5.41, 5.74) is 1.48. The summed E-state index contributed by atoms with van der Waals surface area (Å²) in [6.07, 6.45) is 4.43. The molecule has 2 aromatic rings. The van der Waals surface area contributed by atoms with Crippen molar-refractivity contribution in [2.75, 3.05) is 5.32 Å². The third-order valence-corrected chi connectivity index (χ3v) is 4.41. The van der Waals surface area contributed by atoms with Crippen molar-refractivity contribution in [1.29, 1.82) is 0 Å². The first kappa shape index (κ1) is 15.5. The molecular formula is C16H17N3O3S. The van der Waals surface area contributed by atoms with E-state index in [4.69, 9.17) is 4.74 Å². The van der Waals surface area contributed by atoms with Gasteiger partial charge in [-0.05, 0) is 31.4 Å². The van der Waals surface area contributed by atoms with E-state index in [9.17, 15) is 9.59 Å². The van der Waals surface area contributed by atoms with Crippen molar-refractivity contribution < 1.29 is 14.3 Å². The molecule has 6 nitrogen and oxygen atoms in total. The van der Waals surface area contributed by atoms with Gasteiger partial charge in [0.1, 0.15) is 5.75 Å². The summed E-state index contributed by atoms with van der Waals surface area (Å²) in [7, 11) is 0. The van der Waals surface area contributed by atoms with Gasteiger partial charge in [0, 0.05) is 29.2 Å². The zero-order valence-corrected chi connectivity index (χ0v) is 13.5. The maximum atomic E-state index is 11.9. The minimum absolute atomic E-state index is 0.0254. The predicted octanol–water partition coefficient (Wildman–Crippen LogP) is 3.69. The minimum atomic E-state index is -0.522. The summed E-state index contributed by atoms with van der Waals surface area (Å²) >= 11 is 1.39. The summed E-state index contributed by atoms with van der Waals surface area (Å²) in [6.45, 7) is 1.91. The summed E-state index contributed by atoms with van der Waals surface area (Å²) in [4.78, 5) is 27.7. The molecule has 1 saturated carbocycles. The molecule has 0 aliphatic heterocycles. The number of hydrogen-bond acceptors (Lipinski definition) is 5. The number of imide groups is 1. The molecule has 3 rings (SSSR count). The van der Waals surface area contributed by atoms with Crippen LogP contribution in [0.1, 0.15) is 24.8 Å². The van der Waals surface area contributed by atoms with E-state index in [1.165, 1.54) is 11.3 Å². The fourth-order valence-electron chi connectivity index (χ4n) is 2.19. The number of carbonyl (C=O) groups excluding carboxylic acids is 2. The molecule has 1 aromatic heterocycles. The lowest BCUT2D eigenvalue weighted by Gasteiger charge is -2.23. The number of aryl methyl sites for hydroxylation is 1. The van der Waals surface area contributed by atoms with Crippen LogP contribution in [-0.4, -0.2) is 16.9 Å². The second-order valence-corrected chi connectivity index (χ2v) is 6.31. The van der Waals surface area contributed by atoms with Gasteiger partial charge < -0.3 is 10.1 Å². The highest BCUT2D eigenvalue weighted by Gasteiger charge is 2.26. The molecule has 0 bridgehead atoms. The van der Waals surface area contributed by atoms with Gasteiger partial charge in [-0.15, -0.1) is 0 Å². The SMILES string of the molecule is Cc1ccc(NC(=O)NC(=O)C2CCC2)cc1Oc1nccs1. The summed E-state index contributed by atoms with van der Waals surface area (Å²) in [5.74, 6) is 0.380. The Hall–Kier alpha value is -2.41. The number of benzene rings is 1. The second-order valence-electron chi connectivity index (χ2n) is 5.45. The smallest absolute Gasteiger partial charge is 0.325 e. The van der Waals surface area contributed by atoms with Gasteiger partial charge in [-0.3, -0.25) is 10.1 Å². The highest BCUT2D eigenvalue weighted by molar-refractivity contribution is 7.11. The molecule has 0 spiro atoms. The zero-order valence-electron chi connectivity index (χ0n) is 12.7. The van der Waals surface area contributed by atoms with E-state index in [-0.39, 0.29) is 11.8 Å². The van der Waals surface area contributed by atoms with Crippen molar-refractivity contribution in [2.45, 2.75) is 26.2 Å². The van der Waals surface area contributed by atoms with Crippen LogP contribution in [-0.2, 0) is 4.79 Å². The van der Waals surface area contributed by atoms with Crippen LogP contribution in [0.3, 0.4) is 0 Å². The van der Waals surface area contributed by atoms with Crippen LogP contribution in [0.2, 0.25) is 0 Å². The highest BCUT2D eigenvalue weighted by atomic mass is 32.1. The quantitative estimate of drug-likeness (QED) is 0.895. The fourth-order valence-corrected chi connectivity index (χ4v) is 2.69. The van der Waals surface area contributed by atoms with Crippen LogP contribution in [0, 0.1) is 12.8 Å². The molecule has 7 heteroatoms. The minimum Gasteiger partial charge on any atom is -0.431 e. The van der Waals surface area contributed by atoms with Gasteiger partial charge in [0.25, 0.3) is 5.19 Å². The van der Waals surface area contributed by atoms with Crippen molar-refractivity contribution in [1.82, 2.24) is 10.3 Å². The Balaban J connectivity index is 1.63. The van der Waals surface area contributed by atoms with Gasteiger partial charge in [-0.1, -0.05) is 23.8 Å². The maximum absolute atomic E-state index is 11.9. The summed E-state index contributed by atoms with van der Waals surface area (Å²) in [5, 5.41) is 7.39. The Morgan fingerprint density at radius 1 is 1.35 bits per heavy atom. The van der Waals surface area contributed by atoms with Crippen molar-refractivity contribution in [3.05, 3.63) is 35.3 Å². The first-order valence-electron chi connectivity index (χ1n) is 7.41. The first-order chi connectivity index (χ1) is 11.1. The van der Waals surface area contributed by atoms with E-state index >= 15 is 0 Å². The average molecular weight is 331 g/mol. The van der Waals surface area contributed by atoms with Gasteiger partial charge in [-0.25, -0.2) is 9.78 Å². The lowest BCUT2D eigenvalue weighted by molar-refractivity contribution is -0.126. The van der Waals surface area contributed by atoms with Crippen LogP contribution in [0.4, 0.5) is 10.5 Å². The molecule has 2 N–H and O–H groups in total. The maximum Gasteiger partial charge on any atom is 0.325 e. The van der Waals surface area contributed by atoms with Gasteiger partial charge in [0.2, 0.25) is 5.91 Å². The Labute approximate surface area is 137 Å². The molecule has 0 saturated heterocycles. The molecule has 0 unspecified atom stereocenters. The highest BCUT2D eigenvalue weighted by Crippen LogP contribution is 2.29. The molecule has 1 aliphatic carbocycles. The van der Waals surface area contributed by atoms with Crippen molar-refractivity contribution in [3.63, 3.8) is 0 Å². The second kappa shape index (κ2) is 6.78. The predicted molar refractivity (Wildman–Crippen MR) is 87.9 cm³/mol. The lowest BCUT2D eigenvalue weighted by Crippen LogP contribution is -2.40. The first-order valence-corrected chi connectivity index (χ1v) is 8.29. The molecule has 23 heavy (non-hydrogen) atoms. The largest absolute Gasteiger partial charge is 0.431 e. The monoisotopic (exact) mass is 331 g/mol. The normalized spacial score (nSPS) is 14.0. The van der Waals surface area contributed by atoms with Gasteiger partial charge in [0.05, 0.1) is 0 Å². The van der Waals surface area contributed by atoms with Crippen LogP contribution in [0.5, 0.6) is 10.9 Å². The number of ether oxygens (including phenoxy) is 1. The van der Waals surface area contributed by atoms with Gasteiger partial charge in [-0.2, -0.15) is 0 Å². The third kappa shape index (κ3) is 3.87. The van der Waals surface area contributed by atoms with E-state index in [2.05, 4.69) is 15.6 Å². The summed E-state index contributed by atoms with van der Waals surface area (Å²) < 4.78 is 5.69. The van der Waals surface area contributed by atoms with E-state index in [1.54, 1.807) is 18.3 Å². The number of anilines is 1. The molecule has 1 aliphatic rings. The van der Waals surface area contributed by atoms with Gasteiger partial charge >= 0.3 is 6.03 Å². The van der Waals surface area contributed by atoms with E-state index in [1.807, 2.05) is 18.4 Å². The fraction of sp³-hybridized carbons (Fsp3) is 0.312. The number of carbonyl (C=O) groups is 2. The zero-order chi connectivity index (χ0) is 16.2. The lowest BCUT2D eigenvalue weighted by atomic mass is 9.85. The van der Waals surface area contributed by atoms with Crippen molar-refractivity contribution in [2.24, 2.45) is 5.92 Å². The topological polar surface area (TPSA) is 80.3 Å². The number of rotatable bonds is 4. The standard InChI is InChI=1S/C16H17N3O3S/c1-10-5-6-12(9-13(10)22-16-17-7-8-23-16)18-15(21)19-14(20)11-3-2-4-11/h5-9,11H,2-4H2,1H3,(H2,18,19,20,21). The molecule has 120 valence electrons. The van der Waals surface area contributed by atoms with Crippen LogP contribution in [0.15, 0.2) is 29.8 Å². The number of aromatic nitrogens is 1. The van der Waals surface area contributed by atoms with E-state index in [0.717, 1.165) is 24.8 Å². The number of urea groups is 1. The van der Waals surface area contributed by atoms with Crippen molar-refractivity contribution >= 4 is 29.0 Å². The summed E-state index contributed by atoms with van der Waals surface area (Å²) in [6, 6.07) is 4.79. The van der Waals surface area contributed by atoms with Crippen LogP contribution in [0.25, 0.3) is 0 Å². The Kier molecular flexibility index (Phi) is 4.57. The van der Waals surface area contributed by atoms with Crippen LogP contribution < -0.4 is 15.4 Å². The molecule has 3 amide bonds. The van der Waals surface area contributed by atoms with Crippen molar-refractivity contribution in [3.8, 4) is 10.9 Å². The third-order valence-electron chi connectivity index (χ3n) is 3.77. The van der Waals surface area contributed by atoms with Gasteiger partial charge in [0.15, 0.2) is 0 Å². The van der Waals surface area contributed by atoms with E-state index < -0.39 is 6.03 Å². The number of amides is 3. The van der Waals surface area contributed by atoms with E-state index in [0.29, 0.717) is 16.6 Å². The number of thiazole rings is 1. The number of hydrogen-bond donors (Lipinski definition) is 2. The van der Waals surface area contributed by atoms with Crippen LogP contribution >= 0.6 is 11.3 Å². The molecular weight excluding hydrogens is 314 g/mol. The Morgan fingerprint density at radius 2 is 2.17 bits per heavy atom. The molecule has 1 aromatic carbocycles.